The Bertz CT molecular complexity index is 1680. The van der Waals surface area contributed by atoms with Gasteiger partial charge in [0, 0.05) is 63.0 Å². The largest absolute Gasteiger partial charge is 0.368 e. The zero-order valence-electron chi connectivity index (χ0n) is 24.5. The van der Waals surface area contributed by atoms with E-state index in [2.05, 4.69) is 45.8 Å². The lowest BCUT2D eigenvalue weighted by Crippen LogP contribution is -2.41. The topological polar surface area (TPSA) is 112 Å². The van der Waals surface area contributed by atoms with Gasteiger partial charge in [0.05, 0.1) is 23.5 Å². The maximum absolute atomic E-state index is 13.8. The van der Waals surface area contributed by atoms with Crippen LogP contribution in [0.2, 0.25) is 0 Å². The van der Waals surface area contributed by atoms with E-state index in [0.29, 0.717) is 52.8 Å². The smallest absolute Gasteiger partial charge is 0.276 e. The van der Waals surface area contributed by atoms with E-state index in [4.69, 9.17) is 0 Å². The zero-order valence-corrected chi connectivity index (χ0v) is 24.5. The highest BCUT2D eigenvalue weighted by Gasteiger charge is 2.37. The van der Waals surface area contributed by atoms with Gasteiger partial charge in [0.25, 0.3) is 5.91 Å². The van der Waals surface area contributed by atoms with Crippen molar-refractivity contribution in [2.45, 2.75) is 52.6 Å². The standard InChI is InChI=1S/C31H36N8O3/c1-31(2)14-19-12-25-30(42)38(9-8-37(25)26(19)15-31)28-23(18-40)22(5-6-32-28)20-11-24(29(41)36(4)16-20)33-27-13-21-17-35(3)7-10-39(21)34-27/h5-6,11-13,16,18,29,41H,7-10,14-15,17H2,1-4H3,(H,33,34). The molecule has 3 aliphatic heterocycles. The number of likely N-dealkylation sites (N-methyl/N-ethyl adjacent to an activating group) is 2. The van der Waals surface area contributed by atoms with E-state index >= 15 is 0 Å². The van der Waals surface area contributed by atoms with Crippen LogP contribution in [-0.4, -0.2) is 79.8 Å². The number of carbonyl (C=O) groups is 2. The number of nitrogens with zero attached hydrogens (tertiary/aromatic N) is 7. The van der Waals surface area contributed by atoms with Crippen LogP contribution in [0.1, 0.15) is 57.2 Å². The molecule has 7 rings (SSSR count). The number of anilines is 2. The van der Waals surface area contributed by atoms with Crippen molar-refractivity contribution in [3.8, 4) is 0 Å². The van der Waals surface area contributed by atoms with Crippen LogP contribution in [0.3, 0.4) is 0 Å². The number of allylic oxidation sites excluding steroid dienone is 2. The van der Waals surface area contributed by atoms with Crippen LogP contribution >= 0.6 is 0 Å². The molecule has 0 saturated carbocycles. The van der Waals surface area contributed by atoms with Crippen LogP contribution in [0.25, 0.3) is 5.57 Å². The number of hydrogen-bond donors (Lipinski definition) is 2. The number of carbonyl (C=O) groups excluding carboxylic acids is 2. The molecule has 4 aliphatic rings. The van der Waals surface area contributed by atoms with Crippen molar-refractivity contribution >= 4 is 29.4 Å². The van der Waals surface area contributed by atoms with Gasteiger partial charge in [-0.2, -0.15) is 5.10 Å². The van der Waals surface area contributed by atoms with Crippen LogP contribution in [0.4, 0.5) is 11.6 Å². The number of pyridine rings is 1. The number of amides is 1. The predicted octanol–water partition coefficient (Wildman–Crippen LogP) is 2.72. The third-order valence-corrected chi connectivity index (χ3v) is 8.86. The van der Waals surface area contributed by atoms with E-state index < -0.39 is 6.23 Å². The summed E-state index contributed by atoms with van der Waals surface area (Å²) in [6, 6.07) is 5.80. The Balaban J connectivity index is 1.20. The average Bonchev–Trinajstić information content (AvgIpc) is 3.60. The van der Waals surface area contributed by atoms with Gasteiger partial charge in [-0.25, -0.2) is 4.98 Å². The van der Waals surface area contributed by atoms with Gasteiger partial charge in [-0.05, 0) is 54.6 Å². The van der Waals surface area contributed by atoms with Gasteiger partial charge >= 0.3 is 0 Å². The summed E-state index contributed by atoms with van der Waals surface area (Å²) in [6.45, 7) is 8.16. The van der Waals surface area contributed by atoms with Crippen molar-refractivity contribution < 1.29 is 14.7 Å². The summed E-state index contributed by atoms with van der Waals surface area (Å²) in [5, 5.41) is 18.9. The van der Waals surface area contributed by atoms with Gasteiger partial charge in [0.15, 0.2) is 18.3 Å². The van der Waals surface area contributed by atoms with Crippen LogP contribution in [0.15, 0.2) is 42.4 Å². The molecule has 0 saturated heterocycles. The highest BCUT2D eigenvalue weighted by Crippen LogP contribution is 2.40. The number of hydrogen-bond acceptors (Lipinski definition) is 8. The Morgan fingerprint density at radius 3 is 2.76 bits per heavy atom. The number of nitrogens with one attached hydrogen (secondary N) is 1. The first-order chi connectivity index (χ1) is 20.1. The lowest BCUT2D eigenvalue weighted by Gasteiger charge is -2.32. The van der Waals surface area contributed by atoms with E-state index in [1.54, 1.807) is 35.3 Å². The second kappa shape index (κ2) is 9.67. The monoisotopic (exact) mass is 568 g/mol. The fraction of sp³-hybridized carbons (Fsp3) is 0.419. The highest BCUT2D eigenvalue weighted by atomic mass is 16.3. The van der Waals surface area contributed by atoms with E-state index in [1.165, 1.54) is 11.3 Å². The van der Waals surface area contributed by atoms with Gasteiger partial charge in [-0.1, -0.05) is 13.8 Å². The molecule has 0 spiro atoms. The fourth-order valence-corrected chi connectivity index (χ4v) is 6.80. The summed E-state index contributed by atoms with van der Waals surface area (Å²) in [5.41, 5.74) is 6.70. The Kier molecular flexibility index (Phi) is 6.14. The SMILES string of the molecule is CN1CCn2nc(NC3=CC(c4ccnc(N5CCn6c(cc7c6CC(C)(C)C7)C5=O)c4C=O)=CN(C)C3O)cc2C1. The normalized spacial score (nSPS) is 21.5. The number of aromatic nitrogens is 4. The van der Waals surface area contributed by atoms with Gasteiger partial charge in [-0.15, -0.1) is 0 Å². The third-order valence-electron chi connectivity index (χ3n) is 8.86. The summed E-state index contributed by atoms with van der Waals surface area (Å²) < 4.78 is 4.14. The molecule has 0 bridgehead atoms. The van der Waals surface area contributed by atoms with Crippen LogP contribution in [0, 0.1) is 5.41 Å². The third kappa shape index (κ3) is 4.35. The summed E-state index contributed by atoms with van der Waals surface area (Å²) >= 11 is 0. The lowest BCUT2D eigenvalue weighted by molar-refractivity contribution is 0.0878. The second-order valence-corrected chi connectivity index (χ2v) is 12.7. The van der Waals surface area contributed by atoms with Crippen molar-refractivity contribution in [1.29, 1.82) is 0 Å². The average molecular weight is 569 g/mol. The molecule has 0 radical (unpaired) electrons. The quantitative estimate of drug-likeness (QED) is 0.452. The number of fused-ring (bicyclic) bond motifs is 4. The van der Waals surface area contributed by atoms with Gasteiger partial charge in [0.2, 0.25) is 0 Å². The molecule has 1 unspecified atom stereocenters. The molecule has 1 atom stereocenters. The molecule has 0 fully saturated rings. The van der Waals surface area contributed by atoms with E-state index in [1.807, 2.05) is 22.9 Å². The minimum atomic E-state index is -0.917. The molecule has 218 valence electrons. The summed E-state index contributed by atoms with van der Waals surface area (Å²) in [6.07, 6.45) is 7.03. The molecule has 3 aromatic rings. The molecule has 1 aliphatic carbocycles. The summed E-state index contributed by atoms with van der Waals surface area (Å²) in [7, 11) is 3.86. The predicted molar refractivity (Wildman–Crippen MR) is 159 cm³/mol. The maximum Gasteiger partial charge on any atom is 0.276 e. The molecule has 2 N–H and O–H groups in total. The van der Waals surface area contributed by atoms with E-state index in [0.717, 1.165) is 44.5 Å². The Morgan fingerprint density at radius 2 is 1.95 bits per heavy atom. The van der Waals surface area contributed by atoms with E-state index in [9.17, 15) is 14.7 Å². The van der Waals surface area contributed by atoms with Crippen molar-refractivity contribution in [3.63, 3.8) is 0 Å². The van der Waals surface area contributed by atoms with Crippen molar-refractivity contribution in [2.75, 3.05) is 37.4 Å². The molecule has 1 amide bonds. The van der Waals surface area contributed by atoms with E-state index in [-0.39, 0.29) is 11.3 Å². The molecule has 3 aromatic heterocycles. The Morgan fingerprint density at radius 1 is 1.12 bits per heavy atom. The van der Waals surface area contributed by atoms with Crippen LogP contribution in [-0.2, 0) is 32.5 Å². The molecule has 11 nitrogen and oxygen atoms in total. The zero-order chi connectivity index (χ0) is 29.3. The molecule has 11 heteroatoms. The summed E-state index contributed by atoms with van der Waals surface area (Å²) in [4.78, 5) is 36.4. The van der Waals surface area contributed by atoms with Crippen LogP contribution < -0.4 is 10.2 Å². The van der Waals surface area contributed by atoms with Gasteiger partial charge in [-0.3, -0.25) is 24.1 Å². The van der Waals surface area contributed by atoms with Crippen molar-refractivity contribution in [1.82, 2.24) is 29.1 Å². The second-order valence-electron chi connectivity index (χ2n) is 12.7. The van der Waals surface area contributed by atoms with Crippen molar-refractivity contribution in [2.24, 2.45) is 5.41 Å². The number of aliphatic hydroxyl groups excluding tert-OH is 1. The molecular weight excluding hydrogens is 532 g/mol. The fourth-order valence-electron chi connectivity index (χ4n) is 6.80. The number of aliphatic hydroxyl groups is 1. The summed E-state index contributed by atoms with van der Waals surface area (Å²) in [5.74, 6) is 0.867. The Labute approximate surface area is 244 Å². The number of aldehydes is 1. The minimum Gasteiger partial charge on any atom is -0.368 e. The molecule has 0 aromatic carbocycles. The molecular formula is C31H36N8O3. The Hall–Kier alpha value is -4.22. The number of rotatable bonds is 5. The first-order valence-electron chi connectivity index (χ1n) is 14.5. The van der Waals surface area contributed by atoms with Crippen LogP contribution in [0.5, 0.6) is 0 Å². The van der Waals surface area contributed by atoms with Crippen molar-refractivity contribution in [3.05, 3.63) is 76.1 Å². The lowest BCUT2D eigenvalue weighted by atomic mass is 9.90. The van der Waals surface area contributed by atoms with Gasteiger partial charge in [0.1, 0.15) is 11.5 Å². The molecule has 6 heterocycles. The maximum atomic E-state index is 13.8. The molecule has 42 heavy (non-hydrogen) atoms. The highest BCUT2D eigenvalue weighted by molar-refractivity contribution is 6.08. The minimum absolute atomic E-state index is 0.140. The first kappa shape index (κ1) is 26.7. The van der Waals surface area contributed by atoms with Gasteiger partial charge < -0.3 is 19.9 Å². The first-order valence-corrected chi connectivity index (χ1v) is 14.5.